The molecular weight excluding hydrogens is 174 g/mol. The standard InChI is InChI=1S/C7H11N3O3/c8-9-5(11)3-4-10-6(12)1-2-7(10)13/h1-2,12-13H,3-4,8H2,(H,9,11). The van der Waals surface area contributed by atoms with Crippen LogP contribution in [0.1, 0.15) is 6.42 Å². The minimum absolute atomic E-state index is 0.0812. The number of nitrogens with one attached hydrogen (secondary N) is 1. The average Bonchev–Trinajstić information content (AvgIpc) is 2.43. The fourth-order valence-electron chi connectivity index (χ4n) is 0.961. The van der Waals surface area contributed by atoms with Gasteiger partial charge in [-0.2, -0.15) is 0 Å². The SMILES string of the molecule is NNC(=O)CCn1c(O)ccc1O. The molecule has 1 rings (SSSR count). The third-order valence-electron chi connectivity index (χ3n) is 1.66. The van der Waals surface area contributed by atoms with E-state index in [0.29, 0.717) is 0 Å². The zero-order valence-electron chi connectivity index (χ0n) is 6.90. The number of hydrazine groups is 1. The Morgan fingerprint density at radius 2 is 2.00 bits per heavy atom. The molecular formula is C7H11N3O3. The number of hydrogen-bond acceptors (Lipinski definition) is 4. The Bertz CT molecular complexity index is 288. The van der Waals surface area contributed by atoms with Crippen molar-refractivity contribution in [1.82, 2.24) is 9.99 Å². The molecule has 6 heteroatoms. The summed E-state index contributed by atoms with van der Waals surface area (Å²) in [4.78, 5) is 10.7. The molecule has 0 aliphatic carbocycles. The van der Waals surface area contributed by atoms with Gasteiger partial charge in [0.05, 0.1) is 0 Å². The number of nitrogens with two attached hydrogens (primary N) is 1. The third kappa shape index (κ3) is 2.12. The highest BCUT2D eigenvalue weighted by molar-refractivity contribution is 5.75. The van der Waals surface area contributed by atoms with Crippen LogP contribution in [0, 0.1) is 0 Å². The highest BCUT2D eigenvalue weighted by Gasteiger charge is 2.06. The predicted octanol–water partition coefficient (Wildman–Crippen LogP) is -0.721. The van der Waals surface area contributed by atoms with Gasteiger partial charge < -0.3 is 10.2 Å². The molecule has 1 aromatic rings. The van der Waals surface area contributed by atoms with Crippen LogP contribution in [0.5, 0.6) is 11.8 Å². The Morgan fingerprint density at radius 3 is 2.46 bits per heavy atom. The van der Waals surface area contributed by atoms with Crippen molar-refractivity contribution in [2.75, 3.05) is 0 Å². The molecule has 0 unspecified atom stereocenters. The van der Waals surface area contributed by atoms with Crippen molar-refractivity contribution in [3.8, 4) is 11.8 Å². The van der Waals surface area contributed by atoms with Gasteiger partial charge in [0, 0.05) is 25.1 Å². The lowest BCUT2D eigenvalue weighted by Crippen LogP contribution is -2.30. The minimum atomic E-state index is -0.354. The van der Waals surface area contributed by atoms with Gasteiger partial charge in [-0.25, -0.2) is 5.84 Å². The topological polar surface area (TPSA) is 101 Å². The molecule has 0 aliphatic heterocycles. The van der Waals surface area contributed by atoms with E-state index in [1.165, 1.54) is 16.7 Å². The maximum absolute atomic E-state index is 10.7. The van der Waals surface area contributed by atoms with Crippen molar-refractivity contribution in [2.24, 2.45) is 5.84 Å². The van der Waals surface area contributed by atoms with E-state index in [-0.39, 0.29) is 30.6 Å². The molecule has 0 aliphatic rings. The predicted molar refractivity (Wildman–Crippen MR) is 44.7 cm³/mol. The number of carbonyl (C=O) groups is 1. The normalized spacial score (nSPS) is 9.92. The molecule has 6 nitrogen and oxygen atoms in total. The number of aromatic hydroxyl groups is 2. The first-order valence-corrected chi connectivity index (χ1v) is 3.72. The van der Waals surface area contributed by atoms with Crippen molar-refractivity contribution in [3.05, 3.63) is 12.1 Å². The maximum atomic E-state index is 10.7. The molecule has 1 amide bonds. The van der Waals surface area contributed by atoms with Crippen LogP contribution < -0.4 is 11.3 Å². The van der Waals surface area contributed by atoms with E-state index in [1.807, 2.05) is 5.43 Å². The molecule has 0 aromatic carbocycles. The zero-order chi connectivity index (χ0) is 9.84. The molecule has 0 saturated heterocycles. The van der Waals surface area contributed by atoms with Crippen LogP contribution in [0.15, 0.2) is 12.1 Å². The molecule has 1 heterocycles. The average molecular weight is 185 g/mol. The number of amides is 1. The van der Waals surface area contributed by atoms with Crippen LogP contribution in [0.3, 0.4) is 0 Å². The number of hydrogen-bond donors (Lipinski definition) is 4. The van der Waals surface area contributed by atoms with Gasteiger partial charge in [-0.05, 0) is 0 Å². The molecule has 0 bridgehead atoms. The lowest BCUT2D eigenvalue weighted by Gasteiger charge is -2.05. The van der Waals surface area contributed by atoms with Gasteiger partial charge in [-0.3, -0.25) is 14.8 Å². The van der Waals surface area contributed by atoms with Crippen LogP contribution in [-0.2, 0) is 11.3 Å². The summed E-state index contributed by atoms with van der Waals surface area (Å²) in [5, 5.41) is 18.3. The summed E-state index contributed by atoms with van der Waals surface area (Å²) in [5.41, 5.74) is 1.95. The minimum Gasteiger partial charge on any atom is -0.494 e. The fourth-order valence-corrected chi connectivity index (χ4v) is 0.961. The quantitative estimate of drug-likeness (QED) is 0.283. The van der Waals surface area contributed by atoms with Crippen molar-refractivity contribution in [2.45, 2.75) is 13.0 Å². The fraction of sp³-hybridized carbons (Fsp3) is 0.286. The molecule has 1 aromatic heterocycles. The van der Waals surface area contributed by atoms with Crippen molar-refractivity contribution >= 4 is 5.91 Å². The second-order valence-electron chi connectivity index (χ2n) is 2.52. The molecule has 0 spiro atoms. The van der Waals surface area contributed by atoms with E-state index in [2.05, 4.69) is 0 Å². The molecule has 0 saturated carbocycles. The van der Waals surface area contributed by atoms with E-state index in [4.69, 9.17) is 16.1 Å². The number of nitrogens with zero attached hydrogens (tertiary/aromatic N) is 1. The first kappa shape index (κ1) is 9.40. The van der Waals surface area contributed by atoms with Crippen molar-refractivity contribution in [1.29, 1.82) is 0 Å². The second kappa shape index (κ2) is 3.81. The van der Waals surface area contributed by atoms with E-state index < -0.39 is 0 Å². The lowest BCUT2D eigenvalue weighted by atomic mass is 10.4. The summed E-state index contributed by atoms with van der Waals surface area (Å²) >= 11 is 0. The Labute approximate surface area is 74.6 Å². The molecule has 72 valence electrons. The van der Waals surface area contributed by atoms with E-state index in [9.17, 15) is 4.79 Å². The van der Waals surface area contributed by atoms with Gasteiger partial charge in [0.1, 0.15) is 0 Å². The van der Waals surface area contributed by atoms with Crippen molar-refractivity contribution in [3.63, 3.8) is 0 Å². The maximum Gasteiger partial charge on any atom is 0.235 e. The smallest absolute Gasteiger partial charge is 0.235 e. The first-order valence-electron chi connectivity index (χ1n) is 3.72. The molecule has 5 N–H and O–H groups in total. The summed E-state index contributed by atoms with van der Waals surface area (Å²) in [6.07, 6.45) is 0.103. The van der Waals surface area contributed by atoms with Gasteiger partial charge >= 0.3 is 0 Å². The van der Waals surface area contributed by atoms with Crippen molar-refractivity contribution < 1.29 is 15.0 Å². The van der Waals surface area contributed by atoms with Crippen LogP contribution in [0.25, 0.3) is 0 Å². The van der Waals surface area contributed by atoms with Crippen LogP contribution in [-0.4, -0.2) is 20.7 Å². The monoisotopic (exact) mass is 185 g/mol. The Morgan fingerprint density at radius 1 is 1.46 bits per heavy atom. The van der Waals surface area contributed by atoms with Gasteiger partial charge in [-0.1, -0.05) is 0 Å². The summed E-state index contributed by atoms with van der Waals surface area (Å²) in [7, 11) is 0. The van der Waals surface area contributed by atoms with E-state index in [1.54, 1.807) is 0 Å². The van der Waals surface area contributed by atoms with E-state index in [0.717, 1.165) is 0 Å². The molecule has 13 heavy (non-hydrogen) atoms. The Hall–Kier alpha value is -1.69. The molecule has 0 radical (unpaired) electrons. The summed E-state index contributed by atoms with van der Waals surface area (Å²) in [5.74, 6) is 4.34. The van der Waals surface area contributed by atoms with Crippen LogP contribution in [0.4, 0.5) is 0 Å². The van der Waals surface area contributed by atoms with Crippen LogP contribution in [0.2, 0.25) is 0 Å². The van der Waals surface area contributed by atoms with Crippen LogP contribution >= 0.6 is 0 Å². The van der Waals surface area contributed by atoms with Gasteiger partial charge in [0.2, 0.25) is 5.91 Å². The highest BCUT2D eigenvalue weighted by Crippen LogP contribution is 2.20. The molecule has 0 atom stereocenters. The first-order chi connectivity index (χ1) is 6.15. The molecule has 0 fully saturated rings. The highest BCUT2D eigenvalue weighted by atomic mass is 16.3. The zero-order valence-corrected chi connectivity index (χ0v) is 6.90. The Kier molecular flexibility index (Phi) is 2.76. The number of aromatic nitrogens is 1. The van der Waals surface area contributed by atoms with E-state index >= 15 is 0 Å². The third-order valence-corrected chi connectivity index (χ3v) is 1.66. The number of rotatable bonds is 3. The summed E-state index contributed by atoms with van der Waals surface area (Å²) < 4.78 is 1.20. The summed E-state index contributed by atoms with van der Waals surface area (Å²) in [6, 6.07) is 2.69. The second-order valence-corrected chi connectivity index (χ2v) is 2.52. The lowest BCUT2D eigenvalue weighted by molar-refractivity contribution is -0.121. The largest absolute Gasteiger partial charge is 0.494 e. The van der Waals surface area contributed by atoms with Gasteiger partial charge in [0.15, 0.2) is 11.8 Å². The van der Waals surface area contributed by atoms with Gasteiger partial charge in [-0.15, -0.1) is 0 Å². The Balaban J connectivity index is 2.58. The van der Waals surface area contributed by atoms with Gasteiger partial charge in [0.25, 0.3) is 0 Å². The number of carbonyl (C=O) groups excluding carboxylic acids is 1. The summed E-state index contributed by atoms with van der Waals surface area (Å²) in [6.45, 7) is 0.188.